The molecule has 0 radical (unpaired) electrons. The molecule has 0 spiro atoms. The predicted molar refractivity (Wildman–Crippen MR) is 59.7 cm³/mol. The van der Waals surface area contributed by atoms with E-state index in [1.54, 1.807) is 7.05 Å². The van der Waals surface area contributed by atoms with Gasteiger partial charge < -0.3 is 14.4 Å². The summed E-state index contributed by atoms with van der Waals surface area (Å²) in [5, 5.41) is 8.65. The lowest BCUT2D eigenvalue weighted by Crippen LogP contribution is -2.25. The Balaban J connectivity index is 2.35. The van der Waals surface area contributed by atoms with E-state index in [0.717, 1.165) is 11.1 Å². The number of nitrogens with zero attached hydrogens (tertiary/aromatic N) is 2. The molecule has 0 amide bonds. The number of fused-ring (bicyclic) bond motifs is 1. The van der Waals surface area contributed by atoms with Crippen molar-refractivity contribution < 1.29 is 14.3 Å². The van der Waals surface area contributed by atoms with E-state index >= 15 is 0 Å². The molecule has 1 aromatic carbocycles. The quantitative estimate of drug-likeness (QED) is 0.852. The van der Waals surface area contributed by atoms with Gasteiger partial charge in [-0.25, -0.2) is 0 Å². The first kappa shape index (κ1) is 10.5. The number of carboxylic acid groups (broad SMARTS) is 1. The Morgan fingerprint density at radius 1 is 1.56 bits per heavy atom. The summed E-state index contributed by atoms with van der Waals surface area (Å²) in [6, 6.07) is 5.98. The molecule has 2 rings (SSSR count). The van der Waals surface area contributed by atoms with Crippen LogP contribution in [0.5, 0.6) is 0 Å². The largest absolute Gasteiger partial charge is 0.480 e. The first-order chi connectivity index (χ1) is 7.56. The number of aryl methyl sites for hydroxylation is 1. The highest BCUT2D eigenvalue weighted by Gasteiger charge is 2.12. The number of likely N-dealkylation sites (N-methyl/N-ethyl adjacent to an activating group) is 1. The second-order valence-electron chi connectivity index (χ2n) is 3.72. The van der Waals surface area contributed by atoms with Crippen LogP contribution in [-0.2, 0) is 4.79 Å². The second kappa shape index (κ2) is 3.84. The summed E-state index contributed by atoms with van der Waals surface area (Å²) < 4.78 is 5.44. The monoisotopic (exact) mass is 220 g/mol. The number of anilines is 1. The molecule has 5 nitrogen and oxygen atoms in total. The summed E-state index contributed by atoms with van der Waals surface area (Å²) in [7, 11) is 1.63. The Labute approximate surface area is 92.3 Å². The zero-order chi connectivity index (χ0) is 11.7. The fraction of sp³-hybridized carbons (Fsp3) is 0.273. The number of carboxylic acids is 1. The molecule has 0 aliphatic carbocycles. The fourth-order valence-corrected chi connectivity index (χ4v) is 1.46. The van der Waals surface area contributed by atoms with Crippen LogP contribution in [0.15, 0.2) is 22.6 Å². The van der Waals surface area contributed by atoms with Crippen molar-refractivity contribution in [2.75, 3.05) is 18.5 Å². The summed E-state index contributed by atoms with van der Waals surface area (Å²) in [5.41, 5.74) is 2.50. The van der Waals surface area contributed by atoms with Crippen molar-refractivity contribution in [3.05, 3.63) is 23.8 Å². The van der Waals surface area contributed by atoms with E-state index in [1.807, 2.05) is 25.1 Å². The third-order valence-electron chi connectivity index (χ3n) is 2.23. The highest BCUT2D eigenvalue weighted by atomic mass is 16.4. The number of hydrogen-bond donors (Lipinski definition) is 1. The van der Waals surface area contributed by atoms with E-state index in [9.17, 15) is 4.79 Å². The molecular formula is C11H12N2O3. The maximum Gasteiger partial charge on any atom is 0.323 e. The molecule has 5 heteroatoms. The first-order valence-electron chi connectivity index (χ1n) is 4.86. The van der Waals surface area contributed by atoms with E-state index in [1.165, 1.54) is 4.90 Å². The second-order valence-corrected chi connectivity index (χ2v) is 3.72. The fourth-order valence-electron chi connectivity index (χ4n) is 1.46. The van der Waals surface area contributed by atoms with Gasteiger partial charge in [0.25, 0.3) is 6.01 Å². The standard InChI is InChI=1S/C11H12N2O3/c1-7-3-4-9-8(5-7)12-11(16-9)13(2)6-10(14)15/h3-5H,6H2,1-2H3,(H,14,15). The summed E-state index contributed by atoms with van der Waals surface area (Å²) >= 11 is 0. The van der Waals surface area contributed by atoms with Crippen LogP contribution >= 0.6 is 0 Å². The van der Waals surface area contributed by atoms with Crippen LogP contribution in [0.3, 0.4) is 0 Å². The van der Waals surface area contributed by atoms with Crippen LogP contribution in [0.2, 0.25) is 0 Å². The number of hydrogen-bond acceptors (Lipinski definition) is 4. The Morgan fingerprint density at radius 2 is 2.31 bits per heavy atom. The topological polar surface area (TPSA) is 66.6 Å². The lowest BCUT2D eigenvalue weighted by Gasteiger charge is -2.09. The summed E-state index contributed by atoms with van der Waals surface area (Å²) in [4.78, 5) is 16.2. The average molecular weight is 220 g/mol. The van der Waals surface area contributed by atoms with Gasteiger partial charge in [0.15, 0.2) is 5.58 Å². The molecule has 0 fully saturated rings. The van der Waals surface area contributed by atoms with Crippen molar-refractivity contribution in [3.63, 3.8) is 0 Å². The van der Waals surface area contributed by atoms with Crippen LogP contribution < -0.4 is 4.90 Å². The predicted octanol–water partition coefficient (Wildman–Crippen LogP) is 1.66. The van der Waals surface area contributed by atoms with Gasteiger partial charge in [-0.1, -0.05) is 6.07 Å². The van der Waals surface area contributed by atoms with E-state index in [-0.39, 0.29) is 6.54 Å². The highest BCUT2D eigenvalue weighted by molar-refractivity contribution is 5.77. The normalized spacial score (nSPS) is 10.6. The molecule has 0 bridgehead atoms. The third-order valence-corrected chi connectivity index (χ3v) is 2.23. The maximum absolute atomic E-state index is 10.5. The number of benzene rings is 1. The van der Waals surface area contributed by atoms with Crippen molar-refractivity contribution in [2.45, 2.75) is 6.92 Å². The van der Waals surface area contributed by atoms with Gasteiger partial charge in [-0.2, -0.15) is 4.98 Å². The molecule has 0 saturated heterocycles. The minimum atomic E-state index is -0.916. The summed E-state index contributed by atoms with van der Waals surface area (Å²) in [5.74, 6) is -0.916. The van der Waals surface area contributed by atoms with Gasteiger partial charge in [-0.15, -0.1) is 0 Å². The molecule has 16 heavy (non-hydrogen) atoms. The Hall–Kier alpha value is -2.04. The third kappa shape index (κ3) is 1.98. The van der Waals surface area contributed by atoms with Gasteiger partial charge in [0.1, 0.15) is 12.1 Å². The minimum Gasteiger partial charge on any atom is -0.480 e. The molecule has 84 valence electrons. The zero-order valence-corrected chi connectivity index (χ0v) is 9.10. The van der Waals surface area contributed by atoms with Gasteiger partial charge >= 0.3 is 5.97 Å². The van der Waals surface area contributed by atoms with Gasteiger partial charge in [0.2, 0.25) is 0 Å². The zero-order valence-electron chi connectivity index (χ0n) is 9.10. The van der Waals surface area contributed by atoms with Gasteiger partial charge in [-0.05, 0) is 24.6 Å². The van der Waals surface area contributed by atoms with Crippen LogP contribution in [-0.4, -0.2) is 29.7 Å². The smallest absolute Gasteiger partial charge is 0.323 e. The SMILES string of the molecule is Cc1ccc2oc(N(C)CC(=O)O)nc2c1. The maximum atomic E-state index is 10.5. The van der Waals surface area contributed by atoms with E-state index in [0.29, 0.717) is 11.6 Å². The van der Waals surface area contributed by atoms with E-state index in [4.69, 9.17) is 9.52 Å². The lowest BCUT2D eigenvalue weighted by atomic mass is 10.2. The van der Waals surface area contributed by atoms with Crippen LogP contribution in [0.1, 0.15) is 5.56 Å². The van der Waals surface area contributed by atoms with Crippen molar-refractivity contribution in [2.24, 2.45) is 0 Å². The molecule has 2 aromatic rings. The summed E-state index contributed by atoms with van der Waals surface area (Å²) in [6.07, 6.45) is 0. The van der Waals surface area contributed by atoms with Gasteiger partial charge in [0, 0.05) is 7.05 Å². The molecule has 1 N–H and O–H groups in total. The molecule has 1 aromatic heterocycles. The number of oxazole rings is 1. The highest BCUT2D eigenvalue weighted by Crippen LogP contribution is 2.21. The Morgan fingerprint density at radius 3 is 3.00 bits per heavy atom. The molecule has 0 aliphatic heterocycles. The number of carbonyl (C=O) groups is 1. The summed E-state index contributed by atoms with van der Waals surface area (Å²) in [6.45, 7) is 1.83. The van der Waals surface area contributed by atoms with Crippen molar-refractivity contribution in [1.29, 1.82) is 0 Å². The Kier molecular flexibility index (Phi) is 2.52. The van der Waals surface area contributed by atoms with Crippen molar-refractivity contribution in [1.82, 2.24) is 4.98 Å². The van der Waals surface area contributed by atoms with Crippen molar-refractivity contribution >= 4 is 23.1 Å². The number of aromatic nitrogens is 1. The first-order valence-corrected chi connectivity index (χ1v) is 4.86. The van der Waals surface area contributed by atoms with Crippen LogP contribution in [0, 0.1) is 6.92 Å². The number of aliphatic carboxylic acids is 1. The molecule has 0 atom stereocenters. The van der Waals surface area contributed by atoms with Crippen molar-refractivity contribution in [3.8, 4) is 0 Å². The molecule has 0 saturated carbocycles. The molecule has 0 aliphatic rings. The van der Waals surface area contributed by atoms with E-state index < -0.39 is 5.97 Å². The number of rotatable bonds is 3. The molecule has 0 unspecified atom stereocenters. The van der Waals surface area contributed by atoms with Gasteiger partial charge in [-0.3, -0.25) is 4.79 Å². The van der Waals surface area contributed by atoms with E-state index in [2.05, 4.69) is 4.98 Å². The minimum absolute atomic E-state index is 0.133. The molecular weight excluding hydrogens is 208 g/mol. The lowest BCUT2D eigenvalue weighted by molar-refractivity contribution is -0.135. The Bertz CT molecular complexity index is 533. The molecule has 1 heterocycles. The van der Waals surface area contributed by atoms with Gasteiger partial charge in [0.05, 0.1) is 0 Å². The van der Waals surface area contributed by atoms with Crippen LogP contribution in [0.25, 0.3) is 11.1 Å². The average Bonchev–Trinajstić information content (AvgIpc) is 2.59. The van der Waals surface area contributed by atoms with Crippen LogP contribution in [0.4, 0.5) is 6.01 Å².